The number of hydrogen-bond donors (Lipinski definition) is 0. The van der Waals surface area contributed by atoms with E-state index in [1.54, 1.807) is 51.2 Å². The third kappa shape index (κ3) is 4.57. The Morgan fingerprint density at radius 2 is 1.76 bits per heavy atom. The highest BCUT2D eigenvalue weighted by molar-refractivity contribution is 9.09. The van der Waals surface area contributed by atoms with Crippen LogP contribution in [-0.2, 0) is 5.75 Å². The predicted molar refractivity (Wildman–Crippen MR) is 73.2 cm³/mol. The number of halogens is 1. The Hall–Kier alpha value is -0.720. The third-order valence-corrected chi connectivity index (χ3v) is 5.58. The molecular weight excluding hydrogens is 275 g/mol. The average Bonchev–Trinajstić information content (AvgIpc) is 2.38. The van der Waals surface area contributed by atoms with Gasteiger partial charge in [0.05, 0.1) is 0 Å². The molecule has 0 unspecified atom stereocenters. The van der Waals surface area contributed by atoms with Gasteiger partial charge in [-0.3, -0.25) is 0 Å². The molecule has 0 radical (unpaired) electrons. The molecule has 2 aromatic rings. The SMILES string of the molecule is Fc1ccc(CSSSc2ncccn2)cc1. The van der Waals surface area contributed by atoms with E-state index in [-0.39, 0.29) is 5.82 Å². The van der Waals surface area contributed by atoms with Crippen LogP contribution < -0.4 is 0 Å². The van der Waals surface area contributed by atoms with Crippen molar-refractivity contribution in [3.8, 4) is 0 Å². The molecule has 1 aromatic carbocycles. The summed E-state index contributed by atoms with van der Waals surface area (Å²) in [6.45, 7) is 0. The molecule has 0 bridgehead atoms. The van der Waals surface area contributed by atoms with E-state index in [1.165, 1.54) is 22.9 Å². The molecule has 0 aliphatic rings. The van der Waals surface area contributed by atoms with Gasteiger partial charge < -0.3 is 0 Å². The van der Waals surface area contributed by atoms with Crippen LogP contribution in [0.1, 0.15) is 5.56 Å². The summed E-state index contributed by atoms with van der Waals surface area (Å²) in [5.74, 6) is 0.642. The summed E-state index contributed by atoms with van der Waals surface area (Å²) < 4.78 is 12.7. The van der Waals surface area contributed by atoms with E-state index in [1.807, 2.05) is 0 Å². The second-order valence-corrected chi connectivity index (χ2v) is 7.10. The first-order chi connectivity index (χ1) is 8.34. The van der Waals surface area contributed by atoms with Gasteiger partial charge in [0.1, 0.15) is 5.82 Å². The summed E-state index contributed by atoms with van der Waals surface area (Å²) in [5, 5.41) is 0.754. The van der Waals surface area contributed by atoms with Crippen molar-refractivity contribution in [3.63, 3.8) is 0 Å². The van der Waals surface area contributed by atoms with Gasteiger partial charge in [0.2, 0.25) is 0 Å². The highest BCUT2D eigenvalue weighted by Crippen LogP contribution is 2.39. The number of nitrogens with zero attached hydrogens (tertiary/aromatic N) is 2. The molecule has 88 valence electrons. The fourth-order valence-electron chi connectivity index (χ4n) is 1.06. The molecule has 0 spiro atoms. The number of aromatic nitrogens is 2. The Bertz CT molecular complexity index is 450. The third-order valence-electron chi connectivity index (χ3n) is 1.84. The molecule has 6 heteroatoms. The van der Waals surface area contributed by atoms with E-state index in [0.29, 0.717) is 0 Å². The lowest BCUT2D eigenvalue weighted by atomic mass is 10.2. The molecule has 0 saturated heterocycles. The van der Waals surface area contributed by atoms with Crippen LogP contribution in [0.25, 0.3) is 0 Å². The number of rotatable bonds is 5. The Morgan fingerprint density at radius 3 is 2.47 bits per heavy atom. The van der Waals surface area contributed by atoms with Crippen LogP contribution in [0.15, 0.2) is 47.9 Å². The van der Waals surface area contributed by atoms with Crippen molar-refractivity contribution in [1.82, 2.24) is 9.97 Å². The van der Waals surface area contributed by atoms with Crippen molar-refractivity contribution in [2.24, 2.45) is 0 Å². The van der Waals surface area contributed by atoms with Crippen molar-refractivity contribution in [2.75, 3.05) is 0 Å². The zero-order valence-corrected chi connectivity index (χ0v) is 11.2. The fourth-order valence-corrected chi connectivity index (χ4v) is 4.30. The summed E-state index contributed by atoms with van der Waals surface area (Å²) >= 11 is 0. The van der Waals surface area contributed by atoms with Gasteiger partial charge in [-0.2, -0.15) is 0 Å². The van der Waals surface area contributed by atoms with Crippen LogP contribution >= 0.6 is 31.4 Å². The van der Waals surface area contributed by atoms with Gasteiger partial charge in [-0.25, -0.2) is 14.4 Å². The van der Waals surface area contributed by atoms with Crippen LogP contribution in [0.2, 0.25) is 0 Å². The van der Waals surface area contributed by atoms with Gasteiger partial charge in [-0.1, -0.05) is 22.9 Å². The molecule has 1 aromatic heterocycles. The van der Waals surface area contributed by atoms with E-state index in [0.717, 1.165) is 16.5 Å². The molecule has 0 aliphatic carbocycles. The smallest absolute Gasteiger partial charge is 0.199 e. The molecule has 0 N–H and O–H groups in total. The van der Waals surface area contributed by atoms with Crippen LogP contribution in [0, 0.1) is 5.82 Å². The van der Waals surface area contributed by atoms with E-state index in [4.69, 9.17) is 0 Å². The van der Waals surface area contributed by atoms with Gasteiger partial charge in [0, 0.05) is 18.1 Å². The molecule has 1 heterocycles. The minimum atomic E-state index is -0.196. The zero-order valence-electron chi connectivity index (χ0n) is 8.75. The largest absolute Gasteiger partial charge is 0.230 e. The Labute approximate surface area is 111 Å². The summed E-state index contributed by atoms with van der Waals surface area (Å²) in [5.41, 5.74) is 1.11. The maximum Gasteiger partial charge on any atom is 0.199 e. The van der Waals surface area contributed by atoms with Crippen molar-refractivity contribution in [1.29, 1.82) is 0 Å². The van der Waals surface area contributed by atoms with Crippen LogP contribution in [-0.4, -0.2) is 9.97 Å². The van der Waals surface area contributed by atoms with E-state index in [2.05, 4.69) is 9.97 Å². The fraction of sp³-hybridized carbons (Fsp3) is 0.0909. The molecule has 2 rings (SSSR count). The summed E-state index contributed by atoms with van der Waals surface area (Å²) in [7, 11) is 4.83. The molecule has 0 aliphatic heterocycles. The van der Waals surface area contributed by atoms with Crippen molar-refractivity contribution >= 4 is 31.4 Å². The molecule has 2 nitrogen and oxygen atoms in total. The minimum Gasteiger partial charge on any atom is -0.230 e. The van der Waals surface area contributed by atoms with E-state index in [9.17, 15) is 4.39 Å². The first-order valence-electron chi connectivity index (χ1n) is 4.82. The lowest BCUT2D eigenvalue weighted by Gasteiger charge is -2.00. The quantitative estimate of drug-likeness (QED) is 0.465. The molecular formula is C11H9FN2S3. The summed E-state index contributed by atoms with van der Waals surface area (Å²) in [6, 6.07) is 8.35. The average molecular weight is 284 g/mol. The second-order valence-electron chi connectivity index (χ2n) is 3.07. The van der Waals surface area contributed by atoms with Crippen molar-refractivity contribution in [2.45, 2.75) is 10.9 Å². The highest BCUT2D eigenvalue weighted by Gasteiger charge is 1.99. The van der Waals surface area contributed by atoms with Crippen LogP contribution in [0.5, 0.6) is 0 Å². The second kappa shape index (κ2) is 6.88. The first kappa shape index (κ1) is 12.7. The van der Waals surface area contributed by atoms with Crippen LogP contribution in [0.4, 0.5) is 4.39 Å². The number of hydrogen-bond acceptors (Lipinski definition) is 5. The monoisotopic (exact) mass is 284 g/mol. The minimum absolute atomic E-state index is 0.196. The van der Waals surface area contributed by atoms with Crippen LogP contribution in [0.3, 0.4) is 0 Å². The number of benzene rings is 1. The Balaban J connectivity index is 1.71. The van der Waals surface area contributed by atoms with Gasteiger partial charge in [-0.15, -0.1) is 0 Å². The molecule has 17 heavy (non-hydrogen) atoms. The lowest BCUT2D eigenvalue weighted by Crippen LogP contribution is -1.80. The topological polar surface area (TPSA) is 25.8 Å². The maximum absolute atomic E-state index is 12.7. The van der Waals surface area contributed by atoms with Crippen molar-refractivity contribution < 1.29 is 4.39 Å². The van der Waals surface area contributed by atoms with E-state index >= 15 is 0 Å². The van der Waals surface area contributed by atoms with E-state index < -0.39 is 0 Å². The summed E-state index contributed by atoms with van der Waals surface area (Å²) in [6.07, 6.45) is 3.45. The highest BCUT2D eigenvalue weighted by atomic mass is 33.5. The predicted octanol–water partition coefficient (Wildman–Crippen LogP) is 4.20. The zero-order chi connectivity index (χ0) is 11.9. The lowest BCUT2D eigenvalue weighted by molar-refractivity contribution is 0.627. The standard InChI is InChI=1S/C11H9FN2S3/c12-10-4-2-9(3-5-10)8-15-17-16-11-13-6-1-7-14-11/h1-7H,8H2. The first-order valence-corrected chi connectivity index (χ1v) is 8.47. The Morgan fingerprint density at radius 1 is 1.06 bits per heavy atom. The van der Waals surface area contributed by atoms with Gasteiger partial charge in [-0.05, 0) is 44.4 Å². The van der Waals surface area contributed by atoms with Gasteiger partial charge in [0.15, 0.2) is 5.16 Å². The van der Waals surface area contributed by atoms with Gasteiger partial charge >= 0.3 is 0 Å². The van der Waals surface area contributed by atoms with Gasteiger partial charge in [0.25, 0.3) is 0 Å². The summed E-state index contributed by atoms with van der Waals surface area (Å²) in [4.78, 5) is 8.21. The Kier molecular flexibility index (Phi) is 5.15. The molecule has 0 fully saturated rings. The van der Waals surface area contributed by atoms with Crippen molar-refractivity contribution in [3.05, 3.63) is 54.1 Å². The molecule has 0 saturated carbocycles. The molecule has 0 amide bonds. The normalized spacial score (nSPS) is 10.4. The maximum atomic E-state index is 12.7. The molecule has 0 atom stereocenters.